The van der Waals surface area contributed by atoms with E-state index in [0.29, 0.717) is 17.5 Å². The molecule has 0 aromatic carbocycles. The van der Waals surface area contributed by atoms with Crippen molar-refractivity contribution in [2.24, 2.45) is 5.41 Å². The van der Waals surface area contributed by atoms with E-state index in [9.17, 15) is 0 Å². The number of hydrogen-bond acceptors (Lipinski definition) is 3. The van der Waals surface area contributed by atoms with E-state index in [-0.39, 0.29) is 0 Å². The standard InChI is InChI=1S/C12H25NOS/c1-5-14-7-10(2)13-11-6-12(3,4)9-15-8-11/h10-11,13H,5-9H2,1-4H3. The van der Waals surface area contributed by atoms with Crippen LogP contribution in [0.15, 0.2) is 0 Å². The summed E-state index contributed by atoms with van der Waals surface area (Å²) in [6.45, 7) is 10.6. The average molecular weight is 231 g/mol. The van der Waals surface area contributed by atoms with Crippen molar-refractivity contribution in [3.8, 4) is 0 Å². The lowest BCUT2D eigenvalue weighted by Gasteiger charge is -2.36. The molecule has 0 amide bonds. The van der Waals surface area contributed by atoms with Gasteiger partial charge in [0, 0.05) is 24.4 Å². The molecule has 1 aliphatic heterocycles. The van der Waals surface area contributed by atoms with E-state index < -0.39 is 0 Å². The molecule has 0 aromatic rings. The zero-order chi connectivity index (χ0) is 11.3. The summed E-state index contributed by atoms with van der Waals surface area (Å²) >= 11 is 2.07. The van der Waals surface area contributed by atoms with Gasteiger partial charge in [0.2, 0.25) is 0 Å². The molecule has 2 unspecified atom stereocenters. The maximum atomic E-state index is 5.42. The molecule has 0 bridgehead atoms. The molecule has 0 aromatic heterocycles. The quantitative estimate of drug-likeness (QED) is 0.785. The largest absolute Gasteiger partial charge is 0.380 e. The molecule has 0 radical (unpaired) electrons. The van der Waals surface area contributed by atoms with E-state index in [4.69, 9.17) is 4.74 Å². The Labute approximate surface area is 98.5 Å². The highest BCUT2D eigenvalue weighted by Crippen LogP contribution is 2.33. The Kier molecular flexibility index (Phi) is 5.44. The Bertz CT molecular complexity index is 184. The first-order chi connectivity index (χ1) is 7.03. The van der Waals surface area contributed by atoms with Crippen molar-refractivity contribution in [2.75, 3.05) is 24.7 Å². The number of hydrogen-bond donors (Lipinski definition) is 1. The number of ether oxygens (including phenoxy) is 1. The highest BCUT2D eigenvalue weighted by Gasteiger charge is 2.28. The van der Waals surface area contributed by atoms with Gasteiger partial charge in [-0.2, -0.15) is 11.8 Å². The van der Waals surface area contributed by atoms with Gasteiger partial charge < -0.3 is 10.1 Å². The van der Waals surface area contributed by atoms with Crippen LogP contribution in [0, 0.1) is 5.41 Å². The summed E-state index contributed by atoms with van der Waals surface area (Å²) in [6.07, 6.45) is 1.29. The number of nitrogens with one attached hydrogen (secondary N) is 1. The summed E-state index contributed by atoms with van der Waals surface area (Å²) in [5, 5.41) is 3.66. The lowest BCUT2D eigenvalue weighted by Crippen LogP contribution is -2.45. The van der Waals surface area contributed by atoms with Gasteiger partial charge in [0.15, 0.2) is 0 Å². The van der Waals surface area contributed by atoms with Gasteiger partial charge in [-0.05, 0) is 31.4 Å². The van der Waals surface area contributed by atoms with Crippen LogP contribution in [0.1, 0.15) is 34.1 Å². The van der Waals surface area contributed by atoms with Crippen molar-refractivity contribution in [2.45, 2.75) is 46.2 Å². The van der Waals surface area contributed by atoms with Crippen LogP contribution in [0.2, 0.25) is 0 Å². The van der Waals surface area contributed by atoms with Crippen molar-refractivity contribution in [3.63, 3.8) is 0 Å². The SMILES string of the molecule is CCOCC(C)NC1CSCC(C)(C)C1. The van der Waals surface area contributed by atoms with Crippen LogP contribution in [0.3, 0.4) is 0 Å². The molecule has 1 fully saturated rings. The van der Waals surface area contributed by atoms with Gasteiger partial charge in [-0.3, -0.25) is 0 Å². The summed E-state index contributed by atoms with van der Waals surface area (Å²) in [6, 6.07) is 1.14. The number of thioether (sulfide) groups is 1. The first-order valence-electron chi connectivity index (χ1n) is 5.95. The van der Waals surface area contributed by atoms with Crippen LogP contribution >= 0.6 is 11.8 Å². The third-order valence-electron chi connectivity index (χ3n) is 2.70. The second-order valence-corrected chi connectivity index (χ2v) is 6.34. The van der Waals surface area contributed by atoms with Gasteiger partial charge in [0.25, 0.3) is 0 Å². The fourth-order valence-electron chi connectivity index (χ4n) is 2.11. The molecule has 1 aliphatic rings. The van der Waals surface area contributed by atoms with Crippen LogP contribution in [-0.2, 0) is 4.74 Å². The molecule has 3 heteroatoms. The van der Waals surface area contributed by atoms with Gasteiger partial charge in [-0.15, -0.1) is 0 Å². The Morgan fingerprint density at radius 1 is 1.53 bits per heavy atom. The molecule has 1 N–H and O–H groups in total. The average Bonchev–Trinajstić information content (AvgIpc) is 2.13. The van der Waals surface area contributed by atoms with Crippen LogP contribution in [0.5, 0.6) is 0 Å². The zero-order valence-electron chi connectivity index (χ0n) is 10.5. The van der Waals surface area contributed by atoms with E-state index in [1.165, 1.54) is 17.9 Å². The smallest absolute Gasteiger partial charge is 0.0616 e. The Balaban J connectivity index is 2.25. The summed E-state index contributed by atoms with van der Waals surface area (Å²) < 4.78 is 5.42. The molecular weight excluding hydrogens is 206 g/mol. The van der Waals surface area contributed by atoms with Crippen molar-refractivity contribution >= 4 is 11.8 Å². The van der Waals surface area contributed by atoms with Crippen LogP contribution in [0.25, 0.3) is 0 Å². The highest BCUT2D eigenvalue weighted by molar-refractivity contribution is 7.99. The van der Waals surface area contributed by atoms with Crippen molar-refractivity contribution in [1.29, 1.82) is 0 Å². The highest BCUT2D eigenvalue weighted by atomic mass is 32.2. The van der Waals surface area contributed by atoms with E-state index >= 15 is 0 Å². The molecule has 0 aliphatic carbocycles. The predicted octanol–water partition coefficient (Wildman–Crippen LogP) is 2.53. The van der Waals surface area contributed by atoms with Gasteiger partial charge in [-0.1, -0.05) is 13.8 Å². The second kappa shape index (κ2) is 6.12. The van der Waals surface area contributed by atoms with Gasteiger partial charge in [-0.25, -0.2) is 0 Å². The Morgan fingerprint density at radius 2 is 2.27 bits per heavy atom. The fourth-order valence-corrected chi connectivity index (χ4v) is 3.40. The minimum Gasteiger partial charge on any atom is -0.380 e. The molecule has 2 atom stereocenters. The van der Waals surface area contributed by atoms with Crippen LogP contribution < -0.4 is 5.32 Å². The number of rotatable bonds is 5. The second-order valence-electron chi connectivity index (χ2n) is 5.31. The monoisotopic (exact) mass is 231 g/mol. The third kappa shape index (κ3) is 5.23. The molecule has 0 saturated carbocycles. The molecule has 1 saturated heterocycles. The third-order valence-corrected chi connectivity index (χ3v) is 4.33. The predicted molar refractivity (Wildman–Crippen MR) is 68.6 cm³/mol. The molecular formula is C12H25NOS. The maximum Gasteiger partial charge on any atom is 0.0616 e. The van der Waals surface area contributed by atoms with Crippen LogP contribution in [-0.4, -0.2) is 36.8 Å². The topological polar surface area (TPSA) is 21.3 Å². The summed E-state index contributed by atoms with van der Waals surface area (Å²) in [4.78, 5) is 0. The Hall–Kier alpha value is 0.270. The molecule has 1 rings (SSSR count). The minimum atomic E-state index is 0.476. The summed E-state index contributed by atoms with van der Waals surface area (Å²) in [5.74, 6) is 2.55. The molecule has 0 spiro atoms. The minimum absolute atomic E-state index is 0.476. The van der Waals surface area contributed by atoms with E-state index in [2.05, 4.69) is 37.8 Å². The fraction of sp³-hybridized carbons (Fsp3) is 1.00. The molecule has 15 heavy (non-hydrogen) atoms. The van der Waals surface area contributed by atoms with Gasteiger partial charge in [0.05, 0.1) is 6.61 Å². The lowest BCUT2D eigenvalue weighted by atomic mass is 9.87. The first kappa shape index (κ1) is 13.3. The van der Waals surface area contributed by atoms with Gasteiger partial charge >= 0.3 is 0 Å². The first-order valence-corrected chi connectivity index (χ1v) is 7.10. The lowest BCUT2D eigenvalue weighted by molar-refractivity contribution is 0.121. The molecule has 2 nitrogen and oxygen atoms in total. The van der Waals surface area contributed by atoms with E-state index in [1.807, 2.05) is 6.92 Å². The summed E-state index contributed by atoms with van der Waals surface area (Å²) in [5.41, 5.74) is 0.492. The van der Waals surface area contributed by atoms with E-state index in [0.717, 1.165) is 13.2 Å². The summed E-state index contributed by atoms with van der Waals surface area (Å²) in [7, 11) is 0. The Morgan fingerprint density at radius 3 is 2.87 bits per heavy atom. The van der Waals surface area contributed by atoms with Crippen LogP contribution in [0.4, 0.5) is 0 Å². The maximum absolute atomic E-state index is 5.42. The molecule has 1 heterocycles. The van der Waals surface area contributed by atoms with Crippen molar-refractivity contribution < 1.29 is 4.74 Å². The molecule has 90 valence electrons. The normalized spacial score (nSPS) is 27.6. The van der Waals surface area contributed by atoms with Gasteiger partial charge in [0.1, 0.15) is 0 Å². The van der Waals surface area contributed by atoms with Crippen molar-refractivity contribution in [3.05, 3.63) is 0 Å². The van der Waals surface area contributed by atoms with Crippen molar-refractivity contribution in [1.82, 2.24) is 5.32 Å². The zero-order valence-corrected chi connectivity index (χ0v) is 11.3. The van der Waals surface area contributed by atoms with E-state index in [1.54, 1.807) is 0 Å².